The molecule has 1 amide bonds. The third-order valence-corrected chi connectivity index (χ3v) is 6.13. The monoisotopic (exact) mass is 380 g/mol. The molecule has 0 saturated heterocycles. The number of hydrogen-bond donors (Lipinski definition) is 1. The van der Waals surface area contributed by atoms with Gasteiger partial charge in [-0.1, -0.05) is 6.92 Å². The Balaban J connectivity index is 1.50. The van der Waals surface area contributed by atoms with Crippen LogP contribution in [0.25, 0.3) is 11.4 Å². The number of nitrogens with zero attached hydrogens (tertiary/aromatic N) is 3. The van der Waals surface area contributed by atoms with Crippen LogP contribution in [0, 0.1) is 6.92 Å². The molecule has 0 aliphatic carbocycles. The molecule has 4 rings (SSSR count). The Morgan fingerprint density at radius 1 is 1.26 bits per heavy atom. The standard InChI is InChI=1S/C21H24N4OS/c1-3-6-18-23-14(2)19(27-18)21(26)24-16-10-8-15(9-11-16)20-22-13-17-7-4-5-12-25(17)20/h8-11,13H,3-7,12H2,1-2H3,(H,24,26). The van der Waals surface area contributed by atoms with E-state index in [-0.39, 0.29) is 5.91 Å². The molecule has 0 saturated carbocycles. The molecule has 0 bridgehead atoms. The fraction of sp³-hybridized carbons (Fsp3) is 0.381. The second kappa shape index (κ2) is 7.64. The van der Waals surface area contributed by atoms with E-state index in [9.17, 15) is 4.79 Å². The first-order valence-corrected chi connectivity index (χ1v) is 10.4. The molecular weight excluding hydrogens is 356 g/mol. The van der Waals surface area contributed by atoms with Crippen LogP contribution in [0.5, 0.6) is 0 Å². The van der Waals surface area contributed by atoms with Gasteiger partial charge < -0.3 is 9.88 Å². The predicted octanol–water partition coefficient (Wildman–Crippen LogP) is 4.86. The first kappa shape index (κ1) is 17.9. The van der Waals surface area contributed by atoms with Gasteiger partial charge in [-0.25, -0.2) is 9.97 Å². The van der Waals surface area contributed by atoms with Gasteiger partial charge in [0.05, 0.1) is 10.7 Å². The molecule has 1 aliphatic rings. The van der Waals surface area contributed by atoms with E-state index in [0.29, 0.717) is 4.88 Å². The van der Waals surface area contributed by atoms with Gasteiger partial charge in [0.1, 0.15) is 10.7 Å². The van der Waals surface area contributed by atoms with Gasteiger partial charge in [-0.2, -0.15) is 0 Å². The second-order valence-corrected chi connectivity index (χ2v) is 8.07. The molecule has 1 N–H and O–H groups in total. The Bertz CT molecular complexity index is 955. The number of rotatable bonds is 5. The van der Waals surface area contributed by atoms with Crippen LogP contribution in [0.15, 0.2) is 30.5 Å². The summed E-state index contributed by atoms with van der Waals surface area (Å²) in [5.41, 5.74) is 4.00. The van der Waals surface area contributed by atoms with E-state index in [1.807, 2.05) is 37.4 Å². The molecule has 1 aromatic carbocycles. The largest absolute Gasteiger partial charge is 0.328 e. The predicted molar refractivity (Wildman–Crippen MR) is 109 cm³/mol. The highest BCUT2D eigenvalue weighted by Crippen LogP contribution is 2.26. The average Bonchev–Trinajstić information content (AvgIpc) is 3.26. The molecule has 3 heterocycles. The van der Waals surface area contributed by atoms with E-state index >= 15 is 0 Å². The highest BCUT2D eigenvalue weighted by atomic mass is 32.1. The van der Waals surface area contributed by atoms with Crippen molar-refractivity contribution in [2.75, 3.05) is 5.32 Å². The Labute approximate surface area is 163 Å². The molecule has 1 aliphatic heterocycles. The topological polar surface area (TPSA) is 59.8 Å². The van der Waals surface area contributed by atoms with Crippen LogP contribution in [0.2, 0.25) is 0 Å². The van der Waals surface area contributed by atoms with Gasteiger partial charge in [-0.3, -0.25) is 4.79 Å². The quantitative estimate of drug-likeness (QED) is 0.688. The zero-order valence-corrected chi connectivity index (χ0v) is 16.6. The summed E-state index contributed by atoms with van der Waals surface area (Å²) in [6, 6.07) is 7.95. The van der Waals surface area contributed by atoms with Crippen LogP contribution in [-0.4, -0.2) is 20.4 Å². The minimum absolute atomic E-state index is 0.0849. The zero-order chi connectivity index (χ0) is 18.8. The molecule has 2 aromatic heterocycles. The van der Waals surface area contributed by atoms with E-state index in [1.54, 1.807) is 0 Å². The van der Waals surface area contributed by atoms with Gasteiger partial charge in [-0.05, 0) is 63.3 Å². The van der Waals surface area contributed by atoms with E-state index in [2.05, 4.69) is 26.8 Å². The Morgan fingerprint density at radius 3 is 2.85 bits per heavy atom. The Morgan fingerprint density at radius 2 is 2.07 bits per heavy atom. The number of carbonyl (C=O) groups is 1. The molecule has 3 aromatic rings. The number of hydrogen-bond acceptors (Lipinski definition) is 4. The molecule has 6 heteroatoms. The summed E-state index contributed by atoms with van der Waals surface area (Å²) in [6.45, 7) is 5.05. The average molecular weight is 381 g/mol. The molecule has 27 heavy (non-hydrogen) atoms. The summed E-state index contributed by atoms with van der Waals surface area (Å²) in [6.07, 6.45) is 7.50. The van der Waals surface area contributed by atoms with Crippen molar-refractivity contribution in [3.05, 3.63) is 51.7 Å². The number of carbonyl (C=O) groups excluding carboxylic acids is 1. The van der Waals surface area contributed by atoms with Crippen molar-refractivity contribution >= 4 is 22.9 Å². The maximum atomic E-state index is 12.6. The number of aryl methyl sites for hydroxylation is 3. The first-order chi connectivity index (χ1) is 13.2. The van der Waals surface area contributed by atoms with Crippen molar-refractivity contribution in [1.29, 1.82) is 0 Å². The van der Waals surface area contributed by atoms with Crippen LogP contribution in [-0.2, 0) is 19.4 Å². The molecule has 5 nitrogen and oxygen atoms in total. The molecule has 0 atom stereocenters. The van der Waals surface area contributed by atoms with Crippen molar-refractivity contribution < 1.29 is 4.79 Å². The van der Waals surface area contributed by atoms with Gasteiger partial charge in [0.15, 0.2) is 0 Å². The number of imidazole rings is 1. The third kappa shape index (κ3) is 3.67. The maximum Gasteiger partial charge on any atom is 0.267 e. The van der Waals surface area contributed by atoms with Crippen molar-refractivity contribution in [1.82, 2.24) is 14.5 Å². The van der Waals surface area contributed by atoms with Crippen LogP contribution in [0.3, 0.4) is 0 Å². The smallest absolute Gasteiger partial charge is 0.267 e. The SMILES string of the molecule is CCCc1nc(C)c(C(=O)Nc2ccc(-c3ncc4n3CCCC4)cc2)s1. The summed E-state index contributed by atoms with van der Waals surface area (Å²) < 4.78 is 2.31. The lowest BCUT2D eigenvalue weighted by Crippen LogP contribution is -2.12. The molecule has 140 valence electrons. The van der Waals surface area contributed by atoms with Crippen LogP contribution in [0.4, 0.5) is 5.69 Å². The minimum atomic E-state index is -0.0849. The molecule has 0 fully saturated rings. The lowest BCUT2D eigenvalue weighted by molar-refractivity contribution is 0.103. The summed E-state index contributed by atoms with van der Waals surface area (Å²) in [5, 5.41) is 4.02. The summed E-state index contributed by atoms with van der Waals surface area (Å²) in [7, 11) is 0. The molecular formula is C21H24N4OS. The Kier molecular flexibility index (Phi) is 5.07. The van der Waals surface area contributed by atoms with E-state index in [1.165, 1.54) is 29.9 Å². The first-order valence-electron chi connectivity index (χ1n) is 9.58. The highest BCUT2D eigenvalue weighted by Gasteiger charge is 2.17. The van der Waals surface area contributed by atoms with Gasteiger partial charge in [0.25, 0.3) is 5.91 Å². The maximum absolute atomic E-state index is 12.6. The van der Waals surface area contributed by atoms with Crippen molar-refractivity contribution in [3.8, 4) is 11.4 Å². The highest BCUT2D eigenvalue weighted by molar-refractivity contribution is 7.13. The van der Waals surface area contributed by atoms with Gasteiger partial charge >= 0.3 is 0 Å². The number of thiazole rings is 1. The number of nitrogens with one attached hydrogen (secondary N) is 1. The van der Waals surface area contributed by atoms with E-state index in [0.717, 1.165) is 53.6 Å². The molecule has 0 spiro atoms. The number of benzene rings is 1. The van der Waals surface area contributed by atoms with Crippen molar-refractivity contribution in [2.24, 2.45) is 0 Å². The summed E-state index contributed by atoms with van der Waals surface area (Å²) >= 11 is 1.49. The fourth-order valence-electron chi connectivity index (χ4n) is 3.54. The normalized spacial score (nSPS) is 13.4. The zero-order valence-electron chi connectivity index (χ0n) is 15.8. The van der Waals surface area contributed by atoms with Crippen LogP contribution < -0.4 is 5.32 Å². The number of amides is 1. The van der Waals surface area contributed by atoms with Crippen molar-refractivity contribution in [2.45, 2.75) is 52.5 Å². The summed E-state index contributed by atoms with van der Waals surface area (Å²) in [5.74, 6) is 0.934. The molecule has 0 unspecified atom stereocenters. The minimum Gasteiger partial charge on any atom is -0.328 e. The summed E-state index contributed by atoms with van der Waals surface area (Å²) in [4.78, 5) is 22.4. The van der Waals surface area contributed by atoms with E-state index < -0.39 is 0 Å². The van der Waals surface area contributed by atoms with Crippen molar-refractivity contribution in [3.63, 3.8) is 0 Å². The van der Waals surface area contributed by atoms with Gasteiger partial charge in [0, 0.05) is 29.7 Å². The van der Waals surface area contributed by atoms with Crippen LogP contribution in [0.1, 0.15) is 52.3 Å². The third-order valence-electron chi connectivity index (χ3n) is 4.91. The number of aromatic nitrogens is 3. The van der Waals surface area contributed by atoms with Gasteiger partial charge in [0.2, 0.25) is 0 Å². The second-order valence-electron chi connectivity index (χ2n) is 6.99. The number of fused-ring (bicyclic) bond motifs is 1. The Hall–Kier alpha value is -2.47. The van der Waals surface area contributed by atoms with Gasteiger partial charge in [-0.15, -0.1) is 11.3 Å². The van der Waals surface area contributed by atoms with Crippen LogP contribution >= 0.6 is 11.3 Å². The number of anilines is 1. The lowest BCUT2D eigenvalue weighted by atomic mass is 10.1. The molecule has 0 radical (unpaired) electrons. The van der Waals surface area contributed by atoms with E-state index in [4.69, 9.17) is 0 Å². The lowest BCUT2D eigenvalue weighted by Gasteiger charge is -2.16. The fourth-order valence-corrected chi connectivity index (χ4v) is 4.60.